The van der Waals surface area contributed by atoms with Crippen LogP contribution in [0.25, 0.3) is 0 Å². The number of nitrogens with zero attached hydrogens (tertiary/aromatic N) is 2. The molecule has 8 nitrogen and oxygen atoms in total. The number of ether oxygens (including phenoxy) is 1. The number of amides is 2. The summed E-state index contributed by atoms with van der Waals surface area (Å²) in [6.45, 7) is 3.53. The molecule has 0 spiro atoms. The Morgan fingerprint density at radius 1 is 1.06 bits per heavy atom. The van der Waals surface area contributed by atoms with Crippen molar-refractivity contribution in [2.45, 2.75) is 26.2 Å². The van der Waals surface area contributed by atoms with E-state index in [1.165, 1.54) is 0 Å². The topological polar surface area (TPSA) is 96.0 Å². The maximum absolute atomic E-state index is 12.8. The summed E-state index contributed by atoms with van der Waals surface area (Å²) in [7, 11) is -3.72. The molecule has 0 saturated carbocycles. The summed E-state index contributed by atoms with van der Waals surface area (Å²) in [5.74, 6) is -0.0488. The second kappa shape index (κ2) is 10.5. The molecule has 32 heavy (non-hydrogen) atoms. The van der Waals surface area contributed by atoms with Gasteiger partial charge in [-0.05, 0) is 55.7 Å². The van der Waals surface area contributed by atoms with Crippen LogP contribution in [-0.2, 0) is 14.8 Å². The van der Waals surface area contributed by atoms with E-state index in [4.69, 9.17) is 4.74 Å². The molecule has 172 valence electrons. The Morgan fingerprint density at radius 3 is 2.34 bits per heavy atom. The van der Waals surface area contributed by atoms with Gasteiger partial charge in [0.25, 0.3) is 5.91 Å². The Morgan fingerprint density at radius 2 is 1.72 bits per heavy atom. The molecule has 2 aromatic rings. The van der Waals surface area contributed by atoms with E-state index in [-0.39, 0.29) is 5.91 Å². The van der Waals surface area contributed by atoms with Gasteiger partial charge in [-0.25, -0.2) is 8.42 Å². The average molecular weight is 460 g/mol. The fraction of sp³-hybridized carbons (Fsp3) is 0.391. The number of carbonyl (C=O) groups excluding carboxylic acids is 2. The van der Waals surface area contributed by atoms with Gasteiger partial charge in [-0.3, -0.25) is 13.9 Å². The van der Waals surface area contributed by atoms with Crippen molar-refractivity contribution < 1.29 is 22.7 Å². The minimum Gasteiger partial charge on any atom is -0.494 e. The van der Waals surface area contributed by atoms with Gasteiger partial charge in [-0.1, -0.05) is 19.1 Å². The number of hydrogen-bond donors (Lipinski definition) is 1. The summed E-state index contributed by atoms with van der Waals surface area (Å²) in [4.78, 5) is 27.4. The number of benzene rings is 2. The number of carbonyl (C=O) groups is 2. The lowest BCUT2D eigenvalue weighted by Gasteiger charge is -2.23. The maximum atomic E-state index is 12.8. The smallest absolute Gasteiger partial charge is 0.255 e. The molecule has 2 aromatic carbocycles. The zero-order valence-corrected chi connectivity index (χ0v) is 19.2. The van der Waals surface area contributed by atoms with Crippen molar-refractivity contribution in [2.24, 2.45) is 0 Å². The lowest BCUT2D eigenvalue weighted by atomic mass is 10.1. The number of nitrogens with one attached hydrogen (secondary N) is 1. The largest absolute Gasteiger partial charge is 0.494 e. The quantitative estimate of drug-likeness (QED) is 0.622. The molecule has 2 amide bonds. The zero-order valence-electron chi connectivity index (χ0n) is 18.4. The lowest BCUT2D eigenvalue weighted by molar-refractivity contribution is -0.114. The Bertz CT molecular complexity index is 1050. The van der Waals surface area contributed by atoms with Crippen molar-refractivity contribution in [1.82, 2.24) is 4.90 Å². The summed E-state index contributed by atoms with van der Waals surface area (Å²) >= 11 is 0. The molecule has 1 heterocycles. The number of rotatable bonds is 9. The third-order valence-corrected chi connectivity index (χ3v) is 6.25. The second-order valence-electron chi connectivity index (χ2n) is 7.71. The van der Waals surface area contributed by atoms with Gasteiger partial charge in [0, 0.05) is 13.1 Å². The van der Waals surface area contributed by atoms with Gasteiger partial charge in [-0.2, -0.15) is 0 Å². The van der Waals surface area contributed by atoms with Crippen molar-refractivity contribution in [3.8, 4) is 5.75 Å². The van der Waals surface area contributed by atoms with Gasteiger partial charge < -0.3 is 15.0 Å². The highest BCUT2D eigenvalue weighted by molar-refractivity contribution is 7.92. The molecule has 0 aromatic heterocycles. The zero-order chi connectivity index (χ0) is 23.1. The van der Waals surface area contributed by atoms with E-state index in [2.05, 4.69) is 5.32 Å². The SMILES string of the molecule is CCCOc1ccc(N(CC(=O)Nc2ccccc2C(=O)N2CCCC2)S(C)(=O)=O)cc1. The number of para-hydroxylation sites is 1. The van der Waals surface area contributed by atoms with Crippen LogP contribution in [0.4, 0.5) is 11.4 Å². The summed E-state index contributed by atoms with van der Waals surface area (Å²) in [5.41, 5.74) is 1.12. The standard InChI is InChI=1S/C23H29N3O5S/c1-3-16-31-19-12-10-18(11-13-19)26(32(2,29)30)17-22(27)24-21-9-5-4-8-20(21)23(28)25-14-6-7-15-25/h4-5,8-13H,3,6-7,14-17H2,1-2H3,(H,24,27). The van der Waals surface area contributed by atoms with Gasteiger partial charge in [0.2, 0.25) is 15.9 Å². The Labute approximate surface area is 189 Å². The van der Waals surface area contributed by atoms with Crippen molar-refractivity contribution in [1.29, 1.82) is 0 Å². The minimum absolute atomic E-state index is 0.138. The average Bonchev–Trinajstić information content (AvgIpc) is 3.31. The van der Waals surface area contributed by atoms with Crippen molar-refractivity contribution in [3.63, 3.8) is 0 Å². The number of anilines is 2. The van der Waals surface area contributed by atoms with E-state index in [1.807, 2.05) is 6.92 Å². The van der Waals surface area contributed by atoms with E-state index in [9.17, 15) is 18.0 Å². The summed E-state index contributed by atoms with van der Waals surface area (Å²) in [6, 6.07) is 13.3. The van der Waals surface area contributed by atoms with Crippen molar-refractivity contribution in [3.05, 3.63) is 54.1 Å². The summed E-state index contributed by atoms with van der Waals surface area (Å²) < 4.78 is 31.3. The fourth-order valence-corrected chi connectivity index (χ4v) is 4.37. The van der Waals surface area contributed by atoms with Crippen LogP contribution in [-0.4, -0.2) is 57.6 Å². The highest BCUT2D eigenvalue weighted by Crippen LogP contribution is 2.23. The van der Waals surface area contributed by atoms with Crippen LogP contribution < -0.4 is 14.4 Å². The second-order valence-corrected chi connectivity index (χ2v) is 9.61. The van der Waals surface area contributed by atoms with Gasteiger partial charge in [0.15, 0.2) is 0 Å². The molecule has 1 N–H and O–H groups in total. The van der Waals surface area contributed by atoms with E-state index in [0.717, 1.165) is 29.8 Å². The first-order chi connectivity index (χ1) is 15.3. The van der Waals surface area contributed by atoms with Crippen LogP contribution in [0.15, 0.2) is 48.5 Å². The Kier molecular flexibility index (Phi) is 7.74. The number of sulfonamides is 1. The molecule has 1 saturated heterocycles. The highest BCUT2D eigenvalue weighted by Gasteiger charge is 2.24. The molecule has 1 aliphatic rings. The van der Waals surface area contributed by atoms with E-state index >= 15 is 0 Å². The Hall–Kier alpha value is -3.07. The van der Waals surface area contributed by atoms with Crippen molar-refractivity contribution >= 4 is 33.2 Å². The summed E-state index contributed by atoms with van der Waals surface area (Å²) in [6.07, 6.45) is 3.84. The van der Waals surface area contributed by atoms with Gasteiger partial charge in [0.05, 0.1) is 29.8 Å². The first-order valence-corrected chi connectivity index (χ1v) is 12.5. The molecule has 0 atom stereocenters. The highest BCUT2D eigenvalue weighted by atomic mass is 32.2. The molecular weight excluding hydrogens is 430 g/mol. The number of hydrogen-bond acceptors (Lipinski definition) is 5. The normalized spacial score (nSPS) is 13.6. The number of likely N-dealkylation sites (tertiary alicyclic amines) is 1. The van der Waals surface area contributed by atoms with Gasteiger partial charge in [-0.15, -0.1) is 0 Å². The molecule has 1 aliphatic heterocycles. The molecule has 0 unspecified atom stereocenters. The predicted molar refractivity (Wildman–Crippen MR) is 125 cm³/mol. The van der Waals surface area contributed by atoms with Crippen LogP contribution in [0.2, 0.25) is 0 Å². The lowest BCUT2D eigenvalue weighted by Crippen LogP contribution is -2.37. The van der Waals surface area contributed by atoms with Crippen LogP contribution in [0.1, 0.15) is 36.5 Å². The van der Waals surface area contributed by atoms with Crippen LogP contribution in [0, 0.1) is 0 Å². The van der Waals surface area contributed by atoms with E-state index in [0.29, 0.717) is 42.4 Å². The molecule has 9 heteroatoms. The molecule has 0 radical (unpaired) electrons. The molecular formula is C23H29N3O5S. The molecule has 1 fully saturated rings. The van der Waals surface area contributed by atoms with Gasteiger partial charge in [0.1, 0.15) is 12.3 Å². The maximum Gasteiger partial charge on any atom is 0.255 e. The first-order valence-electron chi connectivity index (χ1n) is 10.7. The van der Waals surface area contributed by atoms with Crippen LogP contribution >= 0.6 is 0 Å². The third kappa shape index (κ3) is 6.00. The minimum atomic E-state index is -3.72. The van der Waals surface area contributed by atoms with E-state index in [1.54, 1.807) is 53.4 Å². The first kappa shape index (κ1) is 23.6. The monoisotopic (exact) mass is 459 g/mol. The molecule has 3 rings (SSSR count). The fourth-order valence-electron chi connectivity index (χ4n) is 3.52. The van der Waals surface area contributed by atoms with Gasteiger partial charge >= 0.3 is 0 Å². The molecule has 0 aliphatic carbocycles. The predicted octanol–water partition coefficient (Wildman–Crippen LogP) is 3.12. The summed E-state index contributed by atoms with van der Waals surface area (Å²) in [5, 5.41) is 2.71. The third-order valence-electron chi connectivity index (χ3n) is 5.11. The van der Waals surface area contributed by atoms with Crippen LogP contribution in [0.3, 0.4) is 0 Å². The Balaban J connectivity index is 1.75. The molecule has 0 bridgehead atoms. The van der Waals surface area contributed by atoms with Crippen LogP contribution in [0.5, 0.6) is 5.75 Å². The van der Waals surface area contributed by atoms with Crippen molar-refractivity contribution in [2.75, 3.05) is 42.1 Å². The van der Waals surface area contributed by atoms with E-state index < -0.39 is 22.5 Å².